The summed E-state index contributed by atoms with van der Waals surface area (Å²) in [6.45, 7) is 4.19. The van der Waals surface area contributed by atoms with Gasteiger partial charge < -0.3 is 11.0 Å². The van der Waals surface area contributed by atoms with Crippen molar-refractivity contribution in [3.63, 3.8) is 0 Å². The van der Waals surface area contributed by atoms with Gasteiger partial charge in [0.05, 0.1) is 0 Å². The molecular weight excluding hydrogens is 221 g/mol. The van der Waals surface area contributed by atoms with E-state index >= 15 is 0 Å². The first kappa shape index (κ1) is 15.9. The second-order valence-corrected chi connectivity index (χ2v) is 3.77. The van der Waals surface area contributed by atoms with Gasteiger partial charge in [0.25, 0.3) is 0 Å². The van der Waals surface area contributed by atoms with Crippen molar-refractivity contribution in [2.75, 3.05) is 26.3 Å². The Balaban J connectivity index is 0.00000128. The fourth-order valence-electron chi connectivity index (χ4n) is 1.73. The molecular formula is C11H16BNO4. The maximum atomic E-state index is 9.37. The molecule has 3 N–H and O–H groups in total. The molecule has 0 amide bonds. The van der Waals surface area contributed by atoms with E-state index in [2.05, 4.69) is 4.90 Å². The van der Waals surface area contributed by atoms with Gasteiger partial charge in [0.2, 0.25) is 0 Å². The predicted octanol–water partition coefficient (Wildman–Crippen LogP) is -0.335. The molecule has 0 atom stereocenters. The number of nitrogens with zero attached hydrogens (tertiary/aromatic N) is 1. The summed E-state index contributed by atoms with van der Waals surface area (Å²) in [4.78, 5) is 2.27. The molecule has 1 aromatic carbocycles. The van der Waals surface area contributed by atoms with Gasteiger partial charge in [-0.05, 0) is 0 Å². The molecule has 0 saturated carbocycles. The largest absolute Gasteiger partial charge is 0.870 e. The van der Waals surface area contributed by atoms with E-state index in [0.29, 0.717) is 0 Å². The van der Waals surface area contributed by atoms with Gasteiger partial charge in [0, 0.05) is 0 Å². The molecule has 0 unspecified atom stereocenters. The molecule has 1 aromatic rings. The first-order valence-electron chi connectivity index (χ1n) is 5.13. The third kappa shape index (κ3) is 4.36. The van der Waals surface area contributed by atoms with Gasteiger partial charge in [0.1, 0.15) is 0 Å². The van der Waals surface area contributed by atoms with Crippen molar-refractivity contribution in [3.05, 3.63) is 23.8 Å². The molecule has 1 fully saturated rings. The zero-order valence-electron chi connectivity index (χ0n) is 9.54. The van der Waals surface area contributed by atoms with Gasteiger partial charge in [-0.1, -0.05) is 0 Å². The van der Waals surface area contributed by atoms with Crippen LogP contribution in [-0.2, 0) is 11.3 Å². The molecule has 6 heteroatoms. The molecule has 1 aliphatic heterocycles. The Hall–Kier alpha value is -1.08. The van der Waals surface area contributed by atoms with Crippen LogP contribution in [0.2, 0.25) is 0 Å². The van der Waals surface area contributed by atoms with Crippen LogP contribution in [0.5, 0.6) is 5.75 Å². The van der Waals surface area contributed by atoms with Crippen molar-refractivity contribution in [1.82, 2.24) is 4.90 Å². The quantitative estimate of drug-likeness (QED) is 0.710. The average molecular weight is 237 g/mol. The molecule has 0 radical (unpaired) electrons. The topological polar surface area (TPSA) is 92.7 Å². The minimum absolute atomic E-state index is 0. The summed E-state index contributed by atoms with van der Waals surface area (Å²) in [6.07, 6.45) is 0. The summed E-state index contributed by atoms with van der Waals surface area (Å²) in [5, 5.41) is 9.37. The van der Waals surface area contributed by atoms with E-state index in [0.717, 1.165) is 43.9 Å². The van der Waals surface area contributed by atoms with Crippen LogP contribution in [0.25, 0.3) is 0 Å². The Morgan fingerprint density at radius 2 is 1.88 bits per heavy atom. The minimum atomic E-state index is 0. The van der Waals surface area contributed by atoms with Crippen molar-refractivity contribution in [2.45, 2.75) is 6.54 Å². The third-order valence-electron chi connectivity index (χ3n) is 2.62. The number of rotatable bonds is 2. The van der Waals surface area contributed by atoms with Crippen molar-refractivity contribution in [2.24, 2.45) is 0 Å². The molecule has 17 heavy (non-hydrogen) atoms. The SMILES string of the molecule is [B+2]c1ccc(O)cc1CN1CCOCC1.[OH-].[OH-]. The van der Waals surface area contributed by atoms with Crippen LogP contribution in [0, 0.1) is 0 Å². The second kappa shape index (κ2) is 7.29. The number of benzene rings is 1. The monoisotopic (exact) mass is 237 g/mol. The molecule has 1 heterocycles. The number of morpholine rings is 1. The van der Waals surface area contributed by atoms with E-state index in [1.165, 1.54) is 0 Å². The van der Waals surface area contributed by atoms with Crippen molar-refractivity contribution in [1.29, 1.82) is 0 Å². The number of phenols is 1. The summed E-state index contributed by atoms with van der Waals surface area (Å²) in [7, 11) is 5.84. The molecule has 0 spiro atoms. The number of hydrogen-bond acceptors (Lipinski definition) is 5. The Morgan fingerprint density at radius 3 is 2.53 bits per heavy atom. The number of ether oxygens (including phenoxy) is 1. The Morgan fingerprint density at radius 1 is 1.24 bits per heavy atom. The van der Waals surface area contributed by atoms with Gasteiger partial charge in [0.15, 0.2) is 0 Å². The van der Waals surface area contributed by atoms with E-state index in [1.54, 1.807) is 18.2 Å². The number of hydrogen-bond donors (Lipinski definition) is 1. The Kier molecular flexibility index (Phi) is 6.83. The summed E-state index contributed by atoms with van der Waals surface area (Å²) >= 11 is 0. The standard InChI is InChI=1S/C11H14BNO2.2H2O/c12-11-2-1-10(14)7-9(11)8-13-3-5-15-6-4-13;;/h1-2,7,14H,3-6,8H2;2*1H2/q+2;;/p-2. The molecule has 0 bridgehead atoms. The second-order valence-electron chi connectivity index (χ2n) is 3.77. The van der Waals surface area contributed by atoms with Crippen LogP contribution in [0.4, 0.5) is 0 Å². The van der Waals surface area contributed by atoms with E-state index < -0.39 is 0 Å². The van der Waals surface area contributed by atoms with Crippen LogP contribution in [0.1, 0.15) is 5.56 Å². The predicted molar refractivity (Wildman–Crippen MR) is 63.5 cm³/mol. The summed E-state index contributed by atoms with van der Waals surface area (Å²) in [5.74, 6) is 0.271. The average Bonchev–Trinajstić information content (AvgIpc) is 2.25. The molecule has 0 aromatic heterocycles. The van der Waals surface area contributed by atoms with Crippen LogP contribution in [0.15, 0.2) is 18.2 Å². The van der Waals surface area contributed by atoms with Crippen LogP contribution >= 0.6 is 0 Å². The first-order valence-corrected chi connectivity index (χ1v) is 5.13. The number of phenolic OH excluding ortho intramolecular Hbond substituents is 1. The zero-order chi connectivity index (χ0) is 10.7. The van der Waals surface area contributed by atoms with E-state index in [9.17, 15) is 5.11 Å². The molecule has 1 aliphatic rings. The fourth-order valence-corrected chi connectivity index (χ4v) is 1.73. The van der Waals surface area contributed by atoms with Crippen LogP contribution in [0.3, 0.4) is 0 Å². The zero-order valence-corrected chi connectivity index (χ0v) is 9.54. The van der Waals surface area contributed by atoms with Crippen molar-refractivity contribution < 1.29 is 20.8 Å². The summed E-state index contributed by atoms with van der Waals surface area (Å²) < 4.78 is 5.27. The Labute approximate surface area is 102 Å². The summed E-state index contributed by atoms with van der Waals surface area (Å²) in [5.41, 5.74) is 1.72. The fraction of sp³-hybridized carbons (Fsp3) is 0.455. The van der Waals surface area contributed by atoms with E-state index in [1.807, 2.05) is 0 Å². The molecule has 5 nitrogen and oxygen atoms in total. The maximum absolute atomic E-state index is 9.37. The molecule has 0 aliphatic carbocycles. The smallest absolute Gasteiger partial charge is 0.870 e. The number of aromatic hydroxyl groups is 1. The molecule has 1 saturated heterocycles. The van der Waals surface area contributed by atoms with E-state index in [4.69, 9.17) is 12.6 Å². The van der Waals surface area contributed by atoms with Crippen LogP contribution < -0.4 is 5.46 Å². The van der Waals surface area contributed by atoms with Gasteiger partial charge in [-0.15, -0.1) is 0 Å². The molecule has 92 valence electrons. The van der Waals surface area contributed by atoms with E-state index in [-0.39, 0.29) is 16.7 Å². The maximum Gasteiger partial charge on any atom is -0.870 e. The van der Waals surface area contributed by atoms with Gasteiger partial charge in [-0.2, -0.15) is 0 Å². The Bertz CT molecular complexity index is 342. The third-order valence-corrected chi connectivity index (χ3v) is 2.62. The molecule has 2 rings (SSSR count). The van der Waals surface area contributed by atoms with Crippen molar-refractivity contribution in [3.8, 4) is 5.75 Å². The van der Waals surface area contributed by atoms with Gasteiger partial charge >= 0.3 is 90.4 Å². The van der Waals surface area contributed by atoms with Crippen LogP contribution in [-0.4, -0.2) is 55.1 Å². The van der Waals surface area contributed by atoms with Gasteiger partial charge in [-0.3, -0.25) is 0 Å². The first-order chi connectivity index (χ1) is 7.25. The normalized spacial score (nSPS) is 15.9. The minimum Gasteiger partial charge on any atom is -0.870 e. The summed E-state index contributed by atoms with van der Waals surface area (Å²) in [6, 6.07) is 5.08. The van der Waals surface area contributed by atoms with Gasteiger partial charge in [-0.25, -0.2) is 0 Å². The van der Waals surface area contributed by atoms with Crippen molar-refractivity contribution >= 4 is 13.3 Å².